The minimum absolute atomic E-state index is 1.22. The molecule has 0 radical (unpaired) electrons. The van der Waals surface area contributed by atoms with Crippen molar-refractivity contribution >= 4 is 0 Å². The number of aryl methyl sites for hydroxylation is 3. The van der Waals surface area contributed by atoms with Crippen molar-refractivity contribution in [3.05, 3.63) is 29.6 Å². The second-order valence-electron chi connectivity index (χ2n) is 13.5. The Bertz CT molecular complexity index is 610. The minimum Gasteiger partial charge on any atom is -0.205 e. The van der Waals surface area contributed by atoms with Crippen molar-refractivity contribution in [2.75, 3.05) is 0 Å². The van der Waals surface area contributed by atoms with E-state index in [-0.39, 0.29) is 0 Å². The second-order valence-corrected chi connectivity index (χ2v) is 13.5. The first-order chi connectivity index (χ1) is 20.3. The van der Waals surface area contributed by atoms with E-state index in [1.165, 1.54) is 206 Å². The Labute approximate surface area is 260 Å². The lowest BCUT2D eigenvalue weighted by Gasteiger charge is -2.07. The van der Waals surface area contributed by atoms with Crippen LogP contribution >= 0.6 is 0 Å². The van der Waals surface area contributed by atoms with Gasteiger partial charge in [-0.1, -0.05) is 181 Å². The smallest absolute Gasteiger partial charge is 0.171 e. The highest BCUT2D eigenvalue weighted by molar-refractivity contribution is 5.15. The van der Waals surface area contributed by atoms with Crippen LogP contribution in [0.15, 0.2) is 18.5 Å². The number of hydrogen-bond acceptors (Lipinski definition) is 0. The zero-order chi connectivity index (χ0) is 29.5. The van der Waals surface area contributed by atoms with Gasteiger partial charge in [0.25, 0.3) is 0 Å². The van der Waals surface area contributed by atoms with Crippen LogP contribution in [0.4, 0.5) is 0 Å². The van der Waals surface area contributed by atoms with Crippen LogP contribution in [-0.4, -0.2) is 0 Å². The van der Waals surface area contributed by atoms with Crippen LogP contribution in [0.25, 0.3) is 0 Å². The van der Waals surface area contributed by atoms with Crippen LogP contribution in [0.3, 0.4) is 0 Å². The fourth-order valence-electron chi connectivity index (χ4n) is 6.42. The van der Waals surface area contributed by atoms with Crippen molar-refractivity contribution in [1.29, 1.82) is 0 Å². The van der Waals surface area contributed by atoms with Crippen molar-refractivity contribution in [3.8, 4) is 0 Å². The molecule has 0 aliphatic carbocycles. The maximum atomic E-state index is 2.57. The van der Waals surface area contributed by atoms with Gasteiger partial charge in [0.2, 0.25) is 0 Å². The van der Waals surface area contributed by atoms with E-state index in [0.29, 0.717) is 0 Å². The Morgan fingerprint density at radius 2 is 0.610 bits per heavy atom. The van der Waals surface area contributed by atoms with E-state index in [1.807, 2.05) is 0 Å². The monoisotopic (exact) mass is 571 g/mol. The van der Waals surface area contributed by atoms with Gasteiger partial charge in [-0.25, -0.2) is 4.57 Å². The zero-order valence-electron chi connectivity index (χ0n) is 28.8. The third kappa shape index (κ3) is 25.4. The van der Waals surface area contributed by atoms with Gasteiger partial charge in [-0.2, -0.15) is 0 Å². The summed E-state index contributed by atoms with van der Waals surface area (Å²) in [6.07, 6.45) is 48.8. The molecule has 0 aliphatic rings. The highest BCUT2D eigenvalue weighted by Crippen LogP contribution is 2.16. The van der Waals surface area contributed by atoms with E-state index >= 15 is 0 Å². The summed E-state index contributed by atoms with van der Waals surface area (Å²) in [6, 6.07) is 2.56. The largest absolute Gasteiger partial charge is 0.205 e. The molecule has 0 spiro atoms. The first kappa shape index (κ1) is 38.2. The molecule has 0 aromatic carbocycles. The Morgan fingerprint density at radius 3 is 0.927 bits per heavy atom. The van der Waals surface area contributed by atoms with E-state index in [1.54, 1.807) is 11.1 Å². The summed E-state index contributed by atoms with van der Waals surface area (Å²) >= 11 is 0. The Balaban J connectivity index is 2.35. The van der Waals surface area contributed by atoms with Crippen molar-refractivity contribution in [2.45, 2.75) is 226 Å². The number of hydrogen-bond donors (Lipinski definition) is 0. The van der Waals surface area contributed by atoms with Crippen LogP contribution < -0.4 is 4.57 Å². The molecule has 1 heterocycles. The standard InChI is InChI=1S/C40H76N/c1-4-7-10-13-16-19-20-23-26-29-32-35-41-37-39(33-30-27-24-21-17-14-11-8-5-2)36-40(38-41)34-31-28-25-22-18-15-12-9-6-3/h36-38H,4-35H2,1-3H3/q+1. The average molecular weight is 571 g/mol. The van der Waals surface area contributed by atoms with Crippen LogP contribution in [0, 0.1) is 0 Å². The predicted molar refractivity (Wildman–Crippen MR) is 185 cm³/mol. The van der Waals surface area contributed by atoms with Gasteiger partial charge in [0.15, 0.2) is 12.4 Å². The van der Waals surface area contributed by atoms with Gasteiger partial charge in [-0.15, -0.1) is 0 Å². The fourth-order valence-corrected chi connectivity index (χ4v) is 6.42. The molecule has 1 aromatic heterocycles. The first-order valence-corrected chi connectivity index (χ1v) is 19.3. The van der Waals surface area contributed by atoms with E-state index in [4.69, 9.17) is 0 Å². The summed E-state index contributed by atoms with van der Waals surface area (Å²) in [5, 5.41) is 0. The van der Waals surface area contributed by atoms with Crippen molar-refractivity contribution in [1.82, 2.24) is 0 Å². The SMILES string of the molecule is CCCCCCCCCCCCC[n+]1cc(CCCCCCCCCCC)cc(CCCCCCCCCCC)c1. The summed E-state index contributed by atoms with van der Waals surface area (Å²) in [5.74, 6) is 0. The Hall–Kier alpha value is -0.850. The normalized spacial score (nSPS) is 11.5. The number of pyridine rings is 1. The van der Waals surface area contributed by atoms with Gasteiger partial charge in [-0.3, -0.25) is 0 Å². The summed E-state index contributed by atoms with van der Waals surface area (Å²) < 4.78 is 2.57. The molecule has 240 valence electrons. The number of rotatable bonds is 32. The summed E-state index contributed by atoms with van der Waals surface area (Å²) in [6.45, 7) is 8.15. The molecular weight excluding hydrogens is 494 g/mol. The quantitative estimate of drug-likeness (QED) is 0.0599. The third-order valence-electron chi connectivity index (χ3n) is 9.19. The molecule has 0 atom stereocenters. The molecule has 0 aliphatic heterocycles. The molecule has 1 heteroatoms. The zero-order valence-corrected chi connectivity index (χ0v) is 28.8. The lowest BCUT2D eigenvalue weighted by atomic mass is 10.0. The molecule has 41 heavy (non-hydrogen) atoms. The van der Waals surface area contributed by atoms with Crippen molar-refractivity contribution < 1.29 is 4.57 Å². The van der Waals surface area contributed by atoms with Crippen LogP contribution in [0.1, 0.15) is 218 Å². The summed E-state index contributed by atoms with van der Waals surface area (Å²) in [5.41, 5.74) is 3.20. The van der Waals surface area contributed by atoms with Crippen LogP contribution in [0.5, 0.6) is 0 Å². The molecule has 1 aromatic rings. The van der Waals surface area contributed by atoms with Gasteiger partial charge < -0.3 is 0 Å². The van der Waals surface area contributed by atoms with Gasteiger partial charge in [0.1, 0.15) is 6.54 Å². The van der Waals surface area contributed by atoms with Gasteiger partial charge in [0.05, 0.1) is 0 Å². The Kier molecular flexibility index (Phi) is 28.5. The topological polar surface area (TPSA) is 3.88 Å². The minimum atomic E-state index is 1.22. The van der Waals surface area contributed by atoms with E-state index in [2.05, 4.69) is 43.8 Å². The third-order valence-corrected chi connectivity index (χ3v) is 9.19. The van der Waals surface area contributed by atoms with Gasteiger partial charge >= 0.3 is 0 Å². The first-order valence-electron chi connectivity index (χ1n) is 19.3. The lowest BCUT2D eigenvalue weighted by molar-refractivity contribution is -0.698. The van der Waals surface area contributed by atoms with Crippen molar-refractivity contribution in [2.24, 2.45) is 0 Å². The average Bonchev–Trinajstić information content (AvgIpc) is 2.98. The molecule has 0 saturated carbocycles. The van der Waals surface area contributed by atoms with Gasteiger partial charge in [0, 0.05) is 17.5 Å². The second kappa shape index (κ2) is 30.6. The Morgan fingerprint density at radius 1 is 0.341 bits per heavy atom. The number of nitrogens with zero attached hydrogens (tertiary/aromatic N) is 1. The van der Waals surface area contributed by atoms with E-state index in [9.17, 15) is 0 Å². The maximum absolute atomic E-state index is 2.57. The van der Waals surface area contributed by atoms with Crippen LogP contribution in [-0.2, 0) is 19.4 Å². The molecule has 0 amide bonds. The fraction of sp³-hybridized carbons (Fsp3) is 0.875. The van der Waals surface area contributed by atoms with Crippen molar-refractivity contribution in [3.63, 3.8) is 0 Å². The summed E-state index contributed by atoms with van der Waals surface area (Å²) in [4.78, 5) is 0. The van der Waals surface area contributed by atoms with Gasteiger partial charge in [-0.05, 0) is 38.2 Å². The maximum Gasteiger partial charge on any atom is 0.171 e. The number of unbranched alkanes of at least 4 members (excludes halogenated alkanes) is 26. The van der Waals surface area contributed by atoms with Crippen LogP contribution in [0.2, 0.25) is 0 Å². The highest BCUT2D eigenvalue weighted by atomic mass is 14.9. The molecule has 0 bridgehead atoms. The molecule has 0 unspecified atom stereocenters. The molecule has 0 saturated heterocycles. The molecule has 1 nitrogen and oxygen atoms in total. The molecule has 0 fully saturated rings. The number of aromatic nitrogens is 1. The van der Waals surface area contributed by atoms with E-state index in [0.717, 1.165) is 0 Å². The lowest BCUT2D eigenvalue weighted by Crippen LogP contribution is -2.34. The molecule has 0 N–H and O–H groups in total. The molecule has 1 rings (SSSR count). The highest BCUT2D eigenvalue weighted by Gasteiger charge is 2.09. The van der Waals surface area contributed by atoms with E-state index < -0.39 is 0 Å². The predicted octanol–water partition coefficient (Wildman–Crippen LogP) is 13.4. The summed E-state index contributed by atoms with van der Waals surface area (Å²) in [7, 11) is 0. The molecular formula is C40H76N+.